The molecule has 0 bridgehead atoms. The van der Waals surface area contributed by atoms with Crippen molar-refractivity contribution in [1.29, 1.82) is 5.26 Å². The van der Waals surface area contributed by atoms with Gasteiger partial charge in [0, 0.05) is 42.5 Å². The van der Waals surface area contributed by atoms with Gasteiger partial charge in [-0.25, -0.2) is 4.98 Å². The highest BCUT2D eigenvalue weighted by atomic mass is 35.5. The van der Waals surface area contributed by atoms with Crippen molar-refractivity contribution < 1.29 is 19.4 Å². The monoisotopic (exact) mass is 482 g/mol. The highest BCUT2D eigenvalue weighted by Crippen LogP contribution is 2.26. The smallest absolute Gasteiger partial charge is 0.308 e. The van der Waals surface area contributed by atoms with Crippen LogP contribution in [0.15, 0.2) is 36.5 Å². The van der Waals surface area contributed by atoms with Crippen molar-refractivity contribution in [1.82, 2.24) is 14.9 Å². The first-order chi connectivity index (χ1) is 16.3. The summed E-state index contributed by atoms with van der Waals surface area (Å²) < 4.78 is 7.61. The number of halogens is 1. The zero-order valence-electron chi connectivity index (χ0n) is 19.2. The number of hydrogen-bond acceptors (Lipinski definition) is 5. The molecule has 0 saturated heterocycles. The lowest BCUT2D eigenvalue weighted by Crippen LogP contribution is -2.32. The molecule has 8 nitrogen and oxygen atoms in total. The van der Waals surface area contributed by atoms with Gasteiger partial charge >= 0.3 is 5.97 Å². The fourth-order valence-corrected chi connectivity index (χ4v) is 3.91. The molecule has 0 radical (unpaired) electrons. The molecule has 2 N–H and O–H groups in total. The highest BCUT2D eigenvalue weighted by molar-refractivity contribution is 6.30. The summed E-state index contributed by atoms with van der Waals surface area (Å²) in [6, 6.07) is 11.2. The number of carboxylic acids is 1. The molecule has 0 spiro atoms. The Bertz CT molecular complexity index is 1230. The zero-order chi connectivity index (χ0) is 24.7. The number of rotatable bonds is 11. The van der Waals surface area contributed by atoms with E-state index in [9.17, 15) is 14.9 Å². The topological polar surface area (TPSA) is 117 Å². The average Bonchev–Trinajstić information content (AvgIpc) is 3.10. The zero-order valence-corrected chi connectivity index (χ0v) is 19.9. The Morgan fingerprint density at radius 3 is 2.82 bits per heavy atom. The third-order valence-corrected chi connectivity index (χ3v) is 5.84. The van der Waals surface area contributed by atoms with Gasteiger partial charge in [0.15, 0.2) is 0 Å². The molecule has 0 aliphatic rings. The Morgan fingerprint density at radius 2 is 2.12 bits per heavy atom. The lowest BCUT2D eigenvalue weighted by atomic mass is 10.1. The van der Waals surface area contributed by atoms with Crippen LogP contribution in [0.2, 0.25) is 5.02 Å². The number of benzene rings is 1. The maximum Gasteiger partial charge on any atom is 0.308 e. The van der Waals surface area contributed by atoms with Crippen LogP contribution < -0.4 is 5.32 Å². The third kappa shape index (κ3) is 6.13. The summed E-state index contributed by atoms with van der Waals surface area (Å²) in [5.41, 5.74) is 3.18. The van der Waals surface area contributed by atoms with Gasteiger partial charge in [0.1, 0.15) is 11.7 Å². The number of nitrogens with zero attached hydrogens (tertiary/aromatic N) is 3. The molecule has 2 aromatic heterocycles. The molecule has 0 aliphatic carbocycles. The van der Waals surface area contributed by atoms with E-state index in [1.165, 1.54) is 13.1 Å². The lowest BCUT2D eigenvalue weighted by Gasteiger charge is -2.11. The number of carbonyl (C=O) groups excluding carboxylic acids is 1. The van der Waals surface area contributed by atoms with Gasteiger partial charge in [-0.1, -0.05) is 30.7 Å². The molecule has 1 aromatic carbocycles. The molecular formula is C25H27ClN4O4. The van der Waals surface area contributed by atoms with E-state index in [0.29, 0.717) is 46.8 Å². The van der Waals surface area contributed by atoms with Gasteiger partial charge < -0.3 is 19.7 Å². The second-order valence-electron chi connectivity index (χ2n) is 8.18. The van der Waals surface area contributed by atoms with Crippen LogP contribution in [0.25, 0.3) is 11.0 Å². The minimum absolute atomic E-state index is 0.00665. The van der Waals surface area contributed by atoms with Crippen molar-refractivity contribution >= 4 is 34.5 Å². The largest absolute Gasteiger partial charge is 0.481 e. The average molecular weight is 483 g/mol. The molecule has 1 amide bonds. The Morgan fingerprint density at radius 1 is 1.32 bits per heavy atom. The summed E-state index contributed by atoms with van der Waals surface area (Å²) in [5.74, 6) is -2.07. The van der Waals surface area contributed by atoms with E-state index in [1.54, 1.807) is 6.07 Å². The van der Waals surface area contributed by atoms with Crippen molar-refractivity contribution in [3.05, 3.63) is 63.9 Å². The number of ether oxygens (including phenoxy) is 1. The number of aromatic nitrogens is 2. The SMILES string of the molecule is CC(CNC(=O)c1c(CCCCOCc2cccc(Cl)c2)n(C)c2ncc(C#N)cc12)C(=O)O. The van der Waals surface area contributed by atoms with Crippen molar-refractivity contribution in [2.75, 3.05) is 13.2 Å². The van der Waals surface area contributed by atoms with Gasteiger partial charge in [-0.05, 0) is 43.0 Å². The van der Waals surface area contributed by atoms with E-state index < -0.39 is 11.9 Å². The molecule has 0 fully saturated rings. The van der Waals surface area contributed by atoms with Gasteiger partial charge in [0.05, 0.1) is 23.7 Å². The molecule has 3 aromatic rings. The predicted molar refractivity (Wildman–Crippen MR) is 129 cm³/mol. The van der Waals surface area contributed by atoms with Crippen LogP contribution >= 0.6 is 11.6 Å². The fraction of sp³-hybridized carbons (Fsp3) is 0.360. The van der Waals surface area contributed by atoms with E-state index >= 15 is 0 Å². The molecule has 1 unspecified atom stereocenters. The molecule has 34 heavy (non-hydrogen) atoms. The number of aliphatic carboxylic acids is 1. The maximum absolute atomic E-state index is 13.1. The molecule has 178 valence electrons. The van der Waals surface area contributed by atoms with Crippen LogP contribution in [0.1, 0.15) is 46.9 Å². The lowest BCUT2D eigenvalue weighted by molar-refractivity contribution is -0.140. The summed E-state index contributed by atoms with van der Waals surface area (Å²) in [6.07, 6.45) is 3.64. The number of pyridine rings is 1. The van der Waals surface area contributed by atoms with E-state index in [0.717, 1.165) is 24.1 Å². The van der Waals surface area contributed by atoms with Crippen LogP contribution in [-0.2, 0) is 29.6 Å². The van der Waals surface area contributed by atoms with Crippen molar-refractivity contribution in [2.24, 2.45) is 13.0 Å². The number of carboxylic acid groups (broad SMARTS) is 1. The third-order valence-electron chi connectivity index (χ3n) is 5.60. The fourth-order valence-electron chi connectivity index (χ4n) is 3.70. The first-order valence-electron chi connectivity index (χ1n) is 11.0. The minimum Gasteiger partial charge on any atom is -0.481 e. The van der Waals surface area contributed by atoms with E-state index in [4.69, 9.17) is 21.4 Å². The second kappa shape index (κ2) is 11.6. The van der Waals surface area contributed by atoms with Crippen LogP contribution in [0.5, 0.6) is 0 Å². The minimum atomic E-state index is -0.982. The number of hydrogen-bond donors (Lipinski definition) is 2. The number of nitriles is 1. The Balaban J connectivity index is 1.70. The highest BCUT2D eigenvalue weighted by Gasteiger charge is 2.23. The molecule has 0 saturated carbocycles. The summed E-state index contributed by atoms with van der Waals surface area (Å²) >= 11 is 6.00. The molecule has 1 atom stereocenters. The molecule has 9 heteroatoms. The number of aryl methyl sites for hydroxylation is 1. The van der Waals surface area contributed by atoms with Gasteiger partial charge in [-0.3, -0.25) is 9.59 Å². The van der Waals surface area contributed by atoms with E-state index in [2.05, 4.69) is 16.4 Å². The summed E-state index contributed by atoms with van der Waals surface area (Å²) in [4.78, 5) is 28.6. The summed E-state index contributed by atoms with van der Waals surface area (Å²) in [6.45, 7) is 2.58. The predicted octanol–water partition coefficient (Wildman–Crippen LogP) is 4.09. The first-order valence-corrected chi connectivity index (χ1v) is 11.4. The Kier molecular flexibility index (Phi) is 8.63. The summed E-state index contributed by atoms with van der Waals surface area (Å²) in [7, 11) is 1.84. The van der Waals surface area contributed by atoms with Crippen LogP contribution in [0.3, 0.4) is 0 Å². The van der Waals surface area contributed by atoms with Gasteiger partial charge in [-0.15, -0.1) is 0 Å². The number of unbranched alkanes of at least 4 members (excludes halogenated alkanes) is 1. The quantitative estimate of drug-likeness (QED) is 0.397. The molecule has 3 rings (SSSR count). The van der Waals surface area contributed by atoms with Crippen molar-refractivity contribution in [3.63, 3.8) is 0 Å². The number of nitrogens with one attached hydrogen (secondary N) is 1. The first kappa shape index (κ1) is 25.2. The van der Waals surface area contributed by atoms with Crippen molar-refractivity contribution in [3.8, 4) is 6.07 Å². The van der Waals surface area contributed by atoms with Gasteiger partial charge in [0.2, 0.25) is 0 Å². The number of carbonyl (C=O) groups is 2. The molecule has 2 heterocycles. The van der Waals surface area contributed by atoms with Gasteiger partial charge in [-0.2, -0.15) is 5.26 Å². The number of fused-ring (bicyclic) bond motifs is 1. The van der Waals surface area contributed by atoms with E-state index in [-0.39, 0.29) is 12.5 Å². The normalized spacial score (nSPS) is 11.8. The standard InChI is InChI=1S/C25H27ClN4O4/c1-16(25(32)33)13-29-24(31)22-20-11-18(12-27)14-28-23(20)30(2)21(22)8-3-4-9-34-15-17-6-5-7-19(26)10-17/h5-7,10-11,14,16H,3-4,8-9,13,15H2,1-2H3,(H,29,31)(H,32,33). The number of amides is 1. The Labute approximate surface area is 203 Å². The maximum atomic E-state index is 13.1. The molecular weight excluding hydrogens is 456 g/mol. The second-order valence-corrected chi connectivity index (χ2v) is 8.61. The summed E-state index contributed by atoms with van der Waals surface area (Å²) in [5, 5.41) is 22.4. The van der Waals surface area contributed by atoms with Crippen LogP contribution in [0.4, 0.5) is 0 Å². The Hall–Kier alpha value is -3.41. The van der Waals surface area contributed by atoms with E-state index in [1.807, 2.05) is 35.9 Å². The van der Waals surface area contributed by atoms with Crippen molar-refractivity contribution in [2.45, 2.75) is 32.8 Å². The van der Waals surface area contributed by atoms with Gasteiger partial charge in [0.25, 0.3) is 5.91 Å². The van der Waals surface area contributed by atoms with Crippen LogP contribution in [-0.4, -0.2) is 39.7 Å². The molecule has 0 aliphatic heterocycles. The van der Waals surface area contributed by atoms with Crippen LogP contribution in [0, 0.1) is 17.2 Å².